The Labute approximate surface area is 324 Å². The van der Waals surface area contributed by atoms with Gasteiger partial charge in [0.2, 0.25) is 5.91 Å². The zero-order valence-electron chi connectivity index (χ0n) is 30.5. The monoisotopic (exact) mass is 761 g/mol. The third-order valence-corrected chi connectivity index (χ3v) is 10.6. The van der Waals surface area contributed by atoms with Crippen LogP contribution in [-0.2, 0) is 33.7 Å². The minimum atomic E-state index is -0.824. The molecule has 1 fully saturated rings. The molecule has 53 heavy (non-hydrogen) atoms. The van der Waals surface area contributed by atoms with Gasteiger partial charge in [-0.2, -0.15) is 0 Å². The van der Waals surface area contributed by atoms with Crippen LogP contribution in [0.2, 0.25) is 0 Å². The summed E-state index contributed by atoms with van der Waals surface area (Å²) < 4.78 is 23.9. The molecule has 3 aromatic carbocycles. The van der Waals surface area contributed by atoms with Gasteiger partial charge in [-0.15, -0.1) is 24.8 Å². The molecule has 1 aliphatic carbocycles. The Hall–Kier alpha value is -4.31. The van der Waals surface area contributed by atoms with Gasteiger partial charge in [-0.25, -0.2) is 4.79 Å². The van der Waals surface area contributed by atoms with E-state index in [0.29, 0.717) is 43.4 Å². The number of hydrogen-bond donors (Lipinski definition) is 2. The highest BCUT2D eigenvalue weighted by Crippen LogP contribution is 2.40. The number of rotatable bonds is 10. The summed E-state index contributed by atoms with van der Waals surface area (Å²) in [4.78, 5) is 30.7. The van der Waals surface area contributed by atoms with Crippen molar-refractivity contribution >= 4 is 36.7 Å². The summed E-state index contributed by atoms with van der Waals surface area (Å²) in [5.74, 6) is 2.12. The molecule has 0 bridgehead atoms. The lowest BCUT2D eigenvalue weighted by atomic mass is 9.90. The van der Waals surface area contributed by atoms with Crippen LogP contribution >= 0.6 is 24.8 Å². The quantitative estimate of drug-likeness (QED) is 0.159. The van der Waals surface area contributed by atoms with Crippen molar-refractivity contribution in [3.8, 4) is 28.4 Å². The van der Waals surface area contributed by atoms with Crippen LogP contribution in [0.1, 0.15) is 71.7 Å². The van der Waals surface area contributed by atoms with E-state index in [1.165, 1.54) is 39.2 Å². The van der Waals surface area contributed by atoms with E-state index in [-0.39, 0.29) is 36.8 Å². The molecule has 0 spiro atoms. The van der Waals surface area contributed by atoms with Gasteiger partial charge in [0.1, 0.15) is 18.4 Å². The van der Waals surface area contributed by atoms with E-state index in [9.17, 15) is 9.59 Å². The molecule has 7 rings (SSSR count). The molecule has 2 N–H and O–H groups in total. The Balaban J connectivity index is 0.00000271. The Morgan fingerprint density at radius 3 is 2.51 bits per heavy atom. The molecule has 282 valence electrons. The van der Waals surface area contributed by atoms with Crippen LogP contribution in [0, 0.1) is 19.8 Å². The highest BCUT2D eigenvalue weighted by atomic mass is 35.5. The van der Waals surface area contributed by atoms with E-state index in [0.717, 1.165) is 57.0 Å². The van der Waals surface area contributed by atoms with Crippen LogP contribution < -0.4 is 24.8 Å². The number of aromatic nitrogens is 1. The van der Waals surface area contributed by atoms with E-state index >= 15 is 0 Å². The maximum absolute atomic E-state index is 13.5. The number of hydrogen-bond acceptors (Lipinski definition) is 8. The third-order valence-electron chi connectivity index (χ3n) is 10.6. The lowest BCUT2D eigenvalue weighted by Crippen LogP contribution is -2.53. The number of nitrogens with zero attached hydrogens (tertiary/aromatic N) is 1. The van der Waals surface area contributed by atoms with E-state index in [1.807, 2.05) is 67.7 Å². The van der Waals surface area contributed by atoms with E-state index < -0.39 is 18.1 Å². The first kappa shape index (κ1) is 39.9. The van der Waals surface area contributed by atoms with Crippen LogP contribution in [0.25, 0.3) is 11.1 Å². The number of aryl methyl sites for hydroxylation is 1. The normalized spacial score (nSPS) is 18.3. The maximum Gasteiger partial charge on any atom is 0.328 e. The van der Waals surface area contributed by atoms with Gasteiger partial charge in [-0.3, -0.25) is 9.78 Å². The summed E-state index contributed by atoms with van der Waals surface area (Å²) in [6, 6.07) is 20.8. The van der Waals surface area contributed by atoms with Crippen molar-refractivity contribution in [3.05, 3.63) is 106 Å². The predicted molar refractivity (Wildman–Crippen MR) is 209 cm³/mol. The number of esters is 1. The fourth-order valence-electron chi connectivity index (χ4n) is 7.42. The first-order valence-corrected chi connectivity index (χ1v) is 18.2. The minimum absolute atomic E-state index is 0. The summed E-state index contributed by atoms with van der Waals surface area (Å²) in [7, 11) is 1.34. The number of halogens is 2. The molecule has 1 aromatic heterocycles. The Kier molecular flexibility index (Phi) is 13.7. The van der Waals surface area contributed by atoms with E-state index in [2.05, 4.69) is 34.7 Å². The third kappa shape index (κ3) is 9.44. The molecule has 4 aromatic rings. The summed E-state index contributed by atoms with van der Waals surface area (Å²) >= 11 is 0. The zero-order valence-corrected chi connectivity index (χ0v) is 32.2. The molecule has 3 atom stereocenters. The van der Waals surface area contributed by atoms with Crippen molar-refractivity contribution < 1.29 is 28.5 Å². The summed E-state index contributed by atoms with van der Waals surface area (Å²) in [5.41, 5.74) is 8.31. The smallest absolute Gasteiger partial charge is 0.328 e. The van der Waals surface area contributed by atoms with Crippen molar-refractivity contribution in [2.45, 2.75) is 83.5 Å². The fraction of sp³-hybridized carbons (Fsp3) is 0.405. The van der Waals surface area contributed by atoms with Gasteiger partial charge in [0, 0.05) is 24.9 Å². The SMILES string of the molecule is COC(=O)C(Cc1ccc(-c2ccnc(C)c2C)cc1)NC(=O)[C@@H]1Cc2cc3c(cc2CN1)O[C@@H](c1cccc(OCC2CCCCC2)c1)CO3.Cl.Cl. The molecule has 1 amide bonds. The van der Waals surface area contributed by atoms with Crippen molar-refractivity contribution in [2.75, 3.05) is 20.3 Å². The predicted octanol–water partition coefficient (Wildman–Crippen LogP) is 7.60. The molecular weight excluding hydrogens is 713 g/mol. The second-order valence-electron chi connectivity index (χ2n) is 14.1. The van der Waals surface area contributed by atoms with Crippen LogP contribution in [0.3, 0.4) is 0 Å². The number of fused-ring (bicyclic) bond motifs is 2. The largest absolute Gasteiger partial charge is 0.493 e. The molecule has 11 heteroatoms. The number of benzene rings is 3. The molecule has 9 nitrogen and oxygen atoms in total. The van der Waals surface area contributed by atoms with Crippen LogP contribution in [0.4, 0.5) is 0 Å². The number of ether oxygens (including phenoxy) is 4. The number of pyridine rings is 1. The first-order chi connectivity index (χ1) is 24.8. The van der Waals surface area contributed by atoms with Crippen molar-refractivity contribution in [1.29, 1.82) is 0 Å². The van der Waals surface area contributed by atoms with Crippen molar-refractivity contribution in [1.82, 2.24) is 15.6 Å². The summed E-state index contributed by atoms with van der Waals surface area (Å²) in [6.07, 6.45) is 8.76. The lowest BCUT2D eigenvalue weighted by molar-refractivity contribution is -0.145. The maximum atomic E-state index is 13.5. The van der Waals surface area contributed by atoms with E-state index in [1.54, 1.807) is 0 Å². The van der Waals surface area contributed by atoms with Crippen LogP contribution in [0.15, 0.2) is 72.9 Å². The topological polar surface area (TPSA) is 108 Å². The van der Waals surface area contributed by atoms with Gasteiger partial charge in [0.25, 0.3) is 0 Å². The number of carbonyl (C=O) groups excluding carboxylic acids is 2. The van der Waals surface area contributed by atoms with Gasteiger partial charge < -0.3 is 29.6 Å². The average Bonchev–Trinajstić information content (AvgIpc) is 3.17. The van der Waals surface area contributed by atoms with E-state index in [4.69, 9.17) is 18.9 Å². The van der Waals surface area contributed by atoms with Crippen molar-refractivity contribution in [3.63, 3.8) is 0 Å². The van der Waals surface area contributed by atoms with Crippen LogP contribution in [-0.4, -0.2) is 49.3 Å². The zero-order chi connectivity index (χ0) is 35.3. The number of nitrogens with one attached hydrogen (secondary N) is 2. The Bertz CT molecular complexity index is 1880. The second-order valence-corrected chi connectivity index (χ2v) is 14.1. The number of amides is 1. The van der Waals surface area contributed by atoms with Gasteiger partial charge in [-0.05, 0) is 108 Å². The highest BCUT2D eigenvalue weighted by molar-refractivity contribution is 5.88. The molecular formula is C42H49Cl2N3O6. The molecule has 3 aliphatic rings. The fourth-order valence-corrected chi connectivity index (χ4v) is 7.42. The second kappa shape index (κ2) is 18.1. The minimum Gasteiger partial charge on any atom is -0.493 e. The molecule has 2 aliphatic heterocycles. The summed E-state index contributed by atoms with van der Waals surface area (Å²) in [6.45, 7) is 5.68. The van der Waals surface area contributed by atoms with Gasteiger partial charge >= 0.3 is 5.97 Å². The molecule has 3 heterocycles. The average molecular weight is 763 g/mol. The number of methoxy groups -OCH3 is 1. The van der Waals surface area contributed by atoms with Gasteiger partial charge in [-0.1, -0.05) is 55.7 Å². The van der Waals surface area contributed by atoms with Gasteiger partial charge in [0.15, 0.2) is 17.6 Å². The first-order valence-electron chi connectivity index (χ1n) is 18.2. The summed E-state index contributed by atoms with van der Waals surface area (Å²) in [5, 5.41) is 6.30. The highest BCUT2D eigenvalue weighted by Gasteiger charge is 2.31. The Morgan fingerprint density at radius 1 is 0.962 bits per heavy atom. The standard InChI is InChI=1S/C42H47N3O6.2ClH/c1-26-27(2)43-17-16-35(26)30-14-12-28(13-15-30)18-37(42(47)48-3)45-41(46)36-20-32-21-38-39(22-33(32)23-44-36)51-40(25-50-38)31-10-7-11-34(19-31)49-24-29-8-5-4-6-9-29;;/h7,10-17,19,21-22,29,36-37,40,44H,4-6,8-9,18,20,23-25H2,1-3H3,(H,45,46);2*1H/t36-,37?,40+;;/m0../s1. The molecule has 1 unspecified atom stereocenters. The van der Waals surface area contributed by atoms with Crippen LogP contribution in [0.5, 0.6) is 17.2 Å². The molecule has 1 saturated carbocycles. The number of carbonyl (C=O) groups is 2. The lowest BCUT2D eigenvalue weighted by Gasteiger charge is -2.31. The van der Waals surface area contributed by atoms with Crippen molar-refractivity contribution in [2.24, 2.45) is 5.92 Å². The van der Waals surface area contributed by atoms with Gasteiger partial charge in [0.05, 0.1) is 19.8 Å². The Morgan fingerprint density at radius 2 is 1.74 bits per heavy atom. The molecule has 0 saturated heterocycles. The molecule has 0 radical (unpaired) electrons.